The van der Waals surface area contributed by atoms with Gasteiger partial charge in [0.1, 0.15) is 0 Å². The molecule has 0 spiro atoms. The lowest BCUT2D eigenvalue weighted by molar-refractivity contribution is -0.117. The van der Waals surface area contributed by atoms with Crippen LogP contribution in [0.2, 0.25) is 5.02 Å². The van der Waals surface area contributed by atoms with Crippen molar-refractivity contribution in [3.05, 3.63) is 40.9 Å². The van der Waals surface area contributed by atoms with Gasteiger partial charge in [0.2, 0.25) is 5.91 Å². The summed E-state index contributed by atoms with van der Waals surface area (Å²) in [5.41, 5.74) is 0.898. The lowest BCUT2D eigenvalue weighted by Gasteiger charge is -2.30. The van der Waals surface area contributed by atoms with E-state index in [-0.39, 0.29) is 24.5 Å². The number of halogens is 1. The fraction of sp³-hybridized carbons (Fsp3) is 0.438. The predicted octanol–water partition coefficient (Wildman–Crippen LogP) is 3.02. The van der Waals surface area contributed by atoms with Gasteiger partial charge in [-0.15, -0.1) is 0 Å². The van der Waals surface area contributed by atoms with Gasteiger partial charge in [-0.05, 0) is 36.6 Å². The summed E-state index contributed by atoms with van der Waals surface area (Å²) in [6.07, 6.45) is 7.45. The molecular weight excluding hydrogens is 274 g/mol. The van der Waals surface area contributed by atoms with Gasteiger partial charge < -0.3 is 10.4 Å². The fourth-order valence-electron chi connectivity index (χ4n) is 2.63. The minimum absolute atomic E-state index is 0.0882. The van der Waals surface area contributed by atoms with Crippen LogP contribution >= 0.6 is 11.6 Å². The standard InChI is InChI=1S/C16H20ClNO2/c17-14-6-3-4-12(10-14)8-9-16(20)18-15-7-2-1-5-13(15)11-19/h3-4,6,8-10,13,15,19H,1-2,5,7,11H2,(H,18,20)/b9-8+. The third-order valence-electron chi connectivity index (χ3n) is 3.75. The van der Waals surface area contributed by atoms with Crippen molar-refractivity contribution in [3.8, 4) is 0 Å². The highest BCUT2D eigenvalue weighted by Crippen LogP contribution is 2.23. The molecule has 1 aliphatic rings. The van der Waals surface area contributed by atoms with Crippen LogP contribution in [-0.4, -0.2) is 23.7 Å². The number of rotatable bonds is 4. The van der Waals surface area contributed by atoms with E-state index in [1.165, 1.54) is 6.08 Å². The molecule has 0 radical (unpaired) electrons. The van der Waals surface area contributed by atoms with E-state index in [9.17, 15) is 9.90 Å². The molecule has 3 nitrogen and oxygen atoms in total. The molecule has 0 bridgehead atoms. The molecule has 0 aliphatic heterocycles. The Hall–Kier alpha value is -1.32. The molecule has 2 rings (SSSR count). The lowest BCUT2D eigenvalue weighted by Crippen LogP contribution is -2.42. The minimum Gasteiger partial charge on any atom is -0.396 e. The monoisotopic (exact) mass is 293 g/mol. The third-order valence-corrected chi connectivity index (χ3v) is 3.98. The highest BCUT2D eigenvalue weighted by atomic mass is 35.5. The van der Waals surface area contributed by atoms with Gasteiger partial charge in [0.15, 0.2) is 0 Å². The maximum absolute atomic E-state index is 11.9. The van der Waals surface area contributed by atoms with Crippen LogP contribution in [0.1, 0.15) is 31.2 Å². The Morgan fingerprint density at radius 2 is 2.20 bits per heavy atom. The highest BCUT2D eigenvalue weighted by Gasteiger charge is 2.25. The molecule has 1 saturated carbocycles. The quantitative estimate of drug-likeness (QED) is 0.839. The normalized spacial score (nSPS) is 22.9. The average Bonchev–Trinajstić information content (AvgIpc) is 2.46. The van der Waals surface area contributed by atoms with Gasteiger partial charge in [0.05, 0.1) is 0 Å². The summed E-state index contributed by atoms with van der Waals surface area (Å²) in [7, 11) is 0. The van der Waals surface area contributed by atoms with Crippen molar-refractivity contribution < 1.29 is 9.90 Å². The molecule has 4 heteroatoms. The van der Waals surface area contributed by atoms with Crippen LogP contribution < -0.4 is 5.32 Å². The number of benzene rings is 1. The zero-order chi connectivity index (χ0) is 14.4. The van der Waals surface area contributed by atoms with E-state index in [1.807, 2.05) is 18.2 Å². The number of carbonyl (C=O) groups is 1. The number of nitrogens with one attached hydrogen (secondary N) is 1. The van der Waals surface area contributed by atoms with Crippen LogP contribution in [0.15, 0.2) is 30.3 Å². The summed E-state index contributed by atoms with van der Waals surface area (Å²) >= 11 is 5.89. The topological polar surface area (TPSA) is 49.3 Å². The van der Waals surface area contributed by atoms with E-state index >= 15 is 0 Å². The maximum atomic E-state index is 11.9. The lowest BCUT2D eigenvalue weighted by atomic mass is 9.85. The number of hydrogen-bond acceptors (Lipinski definition) is 2. The molecule has 2 N–H and O–H groups in total. The van der Waals surface area contributed by atoms with E-state index < -0.39 is 0 Å². The summed E-state index contributed by atoms with van der Waals surface area (Å²) in [6.45, 7) is 0.142. The second-order valence-corrected chi connectivity index (χ2v) is 5.67. The van der Waals surface area contributed by atoms with E-state index in [2.05, 4.69) is 5.32 Å². The molecule has 0 heterocycles. The number of aliphatic hydroxyl groups is 1. The van der Waals surface area contributed by atoms with Gasteiger partial charge in [-0.3, -0.25) is 4.79 Å². The Bertz CT molecular complexity index is 487. The first-order valence-corrected chi connectivity index (χ1v) is 7.42. The Balaban J connectivity index is 1.91. The van der Waals surface area contributed by atoms with E-state index in [0.29, 0.717) is 5.02 Å². The van der Waals surface area contributed by atoms with Crippen molar-refractivity contribution in [1.29, 1.82) is 0 Å². The summed E-state index contributed by atoms with van der Waals surface area (Å²) in [4.78, 5) is 11.9. The van der Waals surface area contributed by atoms with Gasteiger partial charge in [-0.25, -0.2) is 0 Å². The zero-order valence-corrected chi connectivity index (χ0v) is 12.1. The first-order valence-electron chi connectivity index (χ1n) is 7.04. The number of carbonyl (C=O) groups excluding carboxylic acids is 1. The fourth-order valence-corrected chi connectivity index (χ4v) is 2.83. The summed E-state index contributed by atoms with van der Waals surface area (Å²) < 4.78 is 0. The molecule has 2 unspecified atom stereocenters. The number of aliphatic hydroxyl groups excluding tert-OH is 1. The van der Waals surface area contributed by atoms with Crippen molar-refractivity contribution in [2.75, 3.05) is 6.61 Å². The molecule has 1 fully saturated rings. The Morgan fingerprint density at radius 1 is 1.40 bits per heavy atom. The van der Waals surface area contributed by atoms with Gasteiger partial charge in [-0.1, -0.05) is 36.6 Å². The second kappa shape index (κ2) is 7.46. The van der Waals surface area contributed by atoms with Crippen LogP contribution in [0.5, 0.6) is 0 Å². The zero-order valence-electron chi connectivity index (χ0n) is 11.4. The molecule has 1 aliphatic carbocycles. The van der Waals surface area contributed by atoms with Crippen molar-refractivity contribution in [2.24, 2.45) is 5.92 Å². The molecule has 0 saturated heterocycles. The summed E-state index contributed by atoms with van der Waals surface area (Å²) in [6, 6.07) is 7.44. The Morgan fingerprint density at radius 3 is 2.95 bits per heavy atom. The smallest absolute Gasteiger partial charge is 0.244 e. The SMILES string of the molecule is O=C(/C=C/c1cccc(Cl)c1)NC1CCCCC1CO. The van der Waals surface area contributed by atoms with Crippen molar-refractivity contribution >= 4 is 23.6 Å². The van der Waals surface area contributed by atoms with Gasteiger partial charge in [-0.2, -0.15) is 0 Å². The average molecular weight is 294 g/mol. The highest BCUT2D eigenvalue weighted by molar-refractivity contribution is 6.30. The Kier molecular flexibility index (Phi) is 5.62. The summed E-state index contributed by atoms with van der Waals surface area (Å²) in [5.74, 6) is 0.0718. The van der Waals surface area contributed by atoms with Crippen LogP contribution in [0.4, 0.5) is 0 Å². The molecular formula is C16H20ClNO2. The van der Waals surface area contributed by atoms with E-state index in [0.717, 1.165) is 31.2 Å². The molecule has 20 heavy (non-hydrogen) atoms. The molecule has 2 atom stereocenters. The minimum atomic E-state index is -0.115. The van der Waals surface area contributed by atoms with Crippen molar-refractivity contribution in [2.45, 2.75) is 31.7 Å². The predicted molar refractivity (Wildman–Crippen MR) is 81.5 cm³/mol. The molecule has 1 aromatic rings. The van der Waals surface area contributed by atoms with Crippen molar-refractivity contribution in [1.82, 2.24) is 5.32 Å². The Labute approximate surface area is 124 Å². The molecule has 0 aromatic heterocycles. The second-order valence-electron chi connectivity index (χ2n) is 5.23. The van der Waals surface area contributed by atoms with Gasteiger partial charge >= 0.3 is 0 Å². The third kappa shape index (κ3) is 4.36. The number of amides is 1. The summed E-state index contributed by atoms with van der Waals surface area (Å²) in [5, 5.41) is 13.0. The van der Waals surface area contributed by atoms with Crippen LogP contribution in [0, 0.1) is 5.92 Å². The molecule has 1 aromatic carbocycles. The van der Waals surface area contributed by atoms with Gasteiger partial charge in [0.25, 0.3) is 0 Å². The van der Waals surface area contributed by atoms with Crippen LogP contribution in [-0.2, 0) is 4.79 Å². The van der Waals surface area contributed by atoms with Crippen LogP contribution in [0.3, 0.4) is 0 Å². The molecule has 108 valence electrons. The van der Waals surface area contributed by atoms with E-state index in [4.69, 9.17) is 11.6 Å². The number of hydrogen-bond donors (Lipinski definition) is 2. The first kappa shape index (κ1) is 15.1. The molecule has 1 amide bonds. The largest absolute Gasteiger partial charge is 0.396 e. The first-order chi connectivity index (χ1) is 9.69. The van der Waals surface area contributed by atoms with Crippen LogP contribution in [0.25, 0.3) is 6.08 Å². The van der Waals surface area contributed by atoms with Gasteiger partial charge in [0, 0.05) is 29.7 Å². The maximum Gasteiger partial charge on any atom is 0.244 e. The van der Waals surface area contributed by atoms with E-state index in [1.54, 1.807) is 12.1 Å². The van der Waals surface area contributed by atoms with Crippen molar-refractivity contribution in [3.63, 3.8) is 0 Å².